The predicted molar refractivity (Wildman–Crippen MR) is 149 cm³/mol. The highest BCUT2D eigenvalue weighted by atomic mass is 35.5. The number of nitrogens with zero attached hydrogens (tertiary/aromatic N) is 1. The zero-order chi connectivity index (χ0) is 26.0. The molecule has 0 radical (unpaired) electrons. The highest BCUT2D eigenvalue weighted by molar-refractivity contribution is 6.30. The Bertz CT molecular complexity index is 984. The van der Waals surface area contributed by atoms with Crippen molar-refractivity contribution in [2.45, 2.75) is 103 Å². The minimum atomic E-state index is -0.633. The number of esters is 1. The number of hydrogen-bond donors (Lipinski definition) is 0. The molecule has 2 unspecified atom stereocenters. The molecule has 1 aliphatic rings. The van der Waals surface area contributed by atoms with Crippen molar-refractivity contribution in [3.8, 4) is 22.9 Å². The Balaban J connectivity index is 1.53. The van der Waals surface area contributed by atoms with Crippen molar-refractivity contribution in [2.75, 3.05) is 0 Å². The molecule has 1 fully saturated rings. The first-order valence-corrected chi connectivity index (χ1v) is 14.3. The van der Waals surface area contributed by atoms with Crippen molar-refractivity contribution in [1.82, 2.24) is 0 Å². The fraction of sp³-hybridized carbons (Fsp3) is 0.562. The smallest absolute Gasteiger partial charge is 0.329 e. The Morgan fingerprint density at radius 3 is 2.14 bits per heavy atom. The Morgan fingerprint density at radius 1 is 1.00 bits per heavy atom. The van der Waals surface area contributed by atoms with Gasteiger partial charge < -0.3 is 4.74 Å². The van der Waals surface area contributed by atoms with Crippen LogP contribution in [0.3, 0.4) is 0 Å². The lowest BCUT2D eigenvalue weighted by atomic mass is 9.67. The summed E-state index contributed by atoms with van der Waals surface area (Å²) in [6.45, 7) is 6.21. The zero-order valence-corrected chi connectivity index (χ0v) is 23.0. The van der Waals surface area contributed by atoms with Gasteiger partial charge in [-0.1, -0.05) is 95.7 Å². The molecule has 1 saturated carbocycles. The number of hydrogen-bond acceptors (Lipinski definition) is 3. The highest BCUT2D eigenvalue weighted by Gasteiger charge is 2.35. The van der Waals surface area contributed by atoms with Crippen LogP contribution in [-0.4, -0.2) is 11.3 Å². The van der Waals surface area contributed by atoms with Gasteiger partial charge in [0.1, 0.15) is 11.1 Å². The van der Waals surface area contributed by atoms with Gasteiger partial charge in [0.05, 0.1) is 11.5 Å². The Kier molecular flexibility index (Phi) is 10.9. The van der Waals surface area contributed by atoms with Crippen LogP contribution in [0.1, 0.15) is 103 Å². The zero-order valence-electron chi connectivity index (χ0n) is 22.3. The summed E-state index contributed by atoms with van der Waals surface area (Å²) in [4.78, 5) is 12.2. The number of benzene rings is 2. The van der Waals surface area contributed by atoms with Gasteiger partial charge in [-0.3, -0.25) is 4.79 Å². The maximum Gasteiger partial charge on any atom is 0.329 e. The Labute approximate surface area is 223 Å². The van der Waals surface area contributed by atoms with E-state index in [0.29, 0.717) is 11.7 Å². The van der Waals surface area contributed by atoms with E-state index in [1.54, 1.807) is 0 Å². The van der Waals surface area contributed by atoms with E-state index in [1.165, 1.54) is 37.7 Å². The molecular formula is C32H42ClNO2. The van der Waals surface area contributed by atoms with Gasteiger partial charge in [-0.25, -0.2) is 0 Å². The van der Waals surface area contributed by atoms with E-state index in [-0.39, 0.29) is 11.3 Å². The number of unbranched alkanes of at least 4 members (excludes halogenated alkanes) is 4. The SMILES string of the molecule is CCCCCCCC1(C#N)CCC(c2ccc(-c3ccc(OC(=O)C(Cl)C(C)CC)cc3)cc2)CC1. The lowest BCUT2D eigenvalue weighted by Crippen LogP contribution is -2.26. The molecule has 3 nitrogen and oxygen atoms in total. The average molecular weight is 508 g/mol. The third kappa shape index (κ3) is 7.59. The van der Waals surface area contributed by atoms with Crippen molar-refractivity contribution in [3.63, 3.8) is 0 Å². The van der Waals surface area contributed by atoms with Crippen LogP contribution in [0.15, 0.2) is 48.5 Å². The number of alkyl halides is 1. The topological polar surface area (TPSA) is 50.1 Å². The van der Waals surface area contributed by atoms with E-state index >= 15 is 0 Å². The van der Waals surface area contributed by atoms with Crippen LogP contribution in [0.2, 0.25) is 0 Å². The van der Waals surface area contributed by atoms with E-state index in [4.69, 9.17) is 16.3 Å². The molecule has 2 aromatic rings. The summed E-state index contributed by atoms with van der Waals surface area (Å²) >= 11 is 6.21. The molecule has 1 aliphatic carbocycles. The number of nitriles is 1. The summed E-state index contributed by atoms with van der Waals surface area (Å²) in [5, 5.41) is 9.28. The third-order valence-corrected chi connectivity index (χ3v) is 8.70. The molecule has 0 aliphatic heterocycles. The lowest BCUT2D eigenvalue weighted by Gasteiger charge is -2.35. The molecule has 36 heavy (non-hydrogen) atoms. The average Bonchev–Trinajstić information content (AvgIpc) is 2.93. The van der Waals surface area contributed by atoms with Gasteiger partial charge in [-0.2, -0.15) is 5.26 Å². The minimum Gasteiger partial charge on any atom is -0.425 e. The maximum absolute atomic E-state index is 12.2. The van der Waals surface area contributed by atoms with Gasteiger partial charge in [-0.15, -0.1) is 11.6 Å². The first-order valence-electron chi connectivity index (χ1n) is 13.9. The molecule has 0 saturated heterocycles. The number of rotatable bonds is 12. The van der Waals surface area contributed by atoms with E-state index in [2.05, 4.69) is 37.3 Å². The van der Waals surface area contributed by atoms with Gasteiger partial charge in [-0.05, 0) is 72.8 Å². The summed E-state index contributed by atoms with van der Waals surface area (Å²) in [7, 11) is 0. The van der Waals surface area contributed by atoms with Crippen LogP contribution < -0.4 is 4.74 Å². The van der Waals surface area contributed by atoms with Crippen LogP contribution in [0.5, 0.6) is 5.75 Å². The van der Waals surface area contributed by atoms with Crippen molar-refractivity contribution in [1.29, 1.82) is 5.26 Å². The second kappa shape index (κ2) is 13.8. The second-order valence-electron chi connectivity index (χ2n) is 10.7. The largest absolute Gasteiger partial charge is 0.425 e. The fourth-order valence-electron chi connectivity index (χ4n) is 5.26. The summed E-state index contributed by atoms with van der Waals surface area (Å²) in [5.41, 5.74) is 3.49. The Morgan fingerprint density at radius 2 is 1.58 bits per heavy atom. The maximum atomic E-state index is 12.2. The molecule has 4 heteroatoms. The third-order valence-electron chi connectivity index (χ3n) is 8.10. The number of carbonyl (C=O) groups excluding carboxylic acids is 1. The minimum absolute atomic E-state index is 0.0768. The molecule has 0 amide bonds. The number of carbonyl (C=O) groups is 1. The van der Waals surface area contributed by atoms with Crippen molar-refractivity contribution < 1.29 is 9.53 Å². The predicted octanol–water partition coefficient (Wildman–Crippen LogP) is 9.44. The lowest BCUT2D eigenvalue weighted by molar-refractivity contribution is -0.134. The molecule has 0 spiro atoms. The quantitative estimate of drug-likeness (QED) is 0.124. The molecule has 0 heterocycles. The summed E-state index contributed by atoms with van der Waals surface area (Å²) in [5.74, 6) is 0.736. The van der Waals surface area contributed by atoms with Crippen molar-refractivity contribution in [2.24, 2.45) is 11.3 Å². The van der Waals surface area contributed by atoms with Crippen LogP contribution in [-0.2, 0) is 4.79 Å². The molecule has 3 rings (SSSR count). The van der Waals surface area contributed by atoms with Gasteiger partial charge in [0, 0.05) is 0 Å². The summed E-state index contributed by atoms with van der Waals surface area (Å²) < 4.78 is 5.46. The van der Waals surface area contributed by atoms with Crippen LogP contribution in [0.25, 0.3) is 11.1 Å². The molecule has 2 atom stereocenters. The summed E-state index contributed by atoms with van der Waals surface area (Å²) in [6, 6.07) is 19.1. The van der Waals surface area contributed by atoms with E-state index < -0.39 is 11.3 Å². The first kappa shape index (κ1) is 28.3. The standard InChI is InChI=1S/C32H42ClNO2/c1-4-6-7-8-9-20-32(23-34)21-18-28(19-22-32)26-12-10-25(11-13-26)27-14-16-29(17-15-27)36-31(35)30(33)24(3)5-2/h10-17,24,28,30H,4-9,18-22H2,1-3H3. The number of ether oxygens (including phenoxy) is 1. The molecule has 0 N–H and O–H groups in total. The molecule has 0 bridgehead atoms. The van der Waals surface area contributed by atoms with Crippen LogP contribution in [0, 0.1) is 22.7 Å². The van der Waals surface area contributed by atoms with Crippen molar-refractivity contribution >= 4 is 17.6 Å². The Hall–Kier alpha value is -2.31. The van der Waals surface area contributed by atoms with Gasteiger partial charge >= 0.3 is 5.97 Å². The molecule has 2 aromatic carbocycles. The van der Waals surface area contributed by atoms with E-state index in [9.17, 15) is 10.1 Å². The van der Waals surface area contributed by atoms with E-state index in [1.807, 2.05) is 38.1 Å². The molecule has 194 valence electrons. The fourth-order valence-corrected chi connectivity index (χ4v) is 5.49. The monoisotopic (exact) mass is 507 g/mol. The van der Waals surface area contributed by atoms with Crippen LogP contribution in [0.4, 0.5) is 0 Å². The second-order valence-corrected chi connectivity index (χ2v) is 11.2. The van der Waals surface area contributed by atoms with Crippen LogP contribution >= 0.6 is 11.6 Å². The van der Waals surface area contributed by atoms with Gasteiger partial charge in [0.25, 0.3) is 0 Å². The highest BCUT2D eigenvalue weighted by Crippen LogP contribution is 2.46. The first-order chi connectivity index (χ1) is 17.4. The van der Waals surface area contributed by atoms with E-state index in [0.717, 1.165) is 49.7 Å². The molecular weight excluding hydrogens is 466 g/mol. The summed E-state index contributed by atoms with van der Waals surface area (Å²) in [6.07, 6.45) is 12.4. The van der Waals surface area contributed by atoms with Gasteiger partial charge in [0.2, 0.25) is 0 Å². The molecule has 0 aromatic heterocycles. The van der Waals surface area contributed by atoms with Crippen molar-refractivity contribution in [3.05, 3.63) is 54.1 Å². The normalized spacial score (nSPS) is 21.4. The van der Waals surface area contributed by atoms with Gasteiger partial charge in [0.15, 0.2) is 0 Å². The number of halogens is 1.